The molecule has 1 aromatic rings. The van der Waals surface area contributed by atoms with Gasteiger partial charge in [-0.2, -0.15) is 5.26 Å². The number of nitrogens with zero attached hydrogens (tertiary/aromatic N) is 1. The first-order valence-corrected chi connectivity index (χ1v) is 6.95. The van der Waals surface area contributed by atoms with Crippen molar-refractivity contribution in [3.63, 3.8) is 0 Å². The van der Waals surface area contributed by atoms with Crippen LogP contribution in [-0.4, -0.2) is 17.3 Å². The third-order valence-corrected chi connectivity index (χ3v) is 2.97. The number of ether oxygens (including phenoxy) is 1. The number of esters is 1. The standard InChI is InChI=1S/C14H16FNO2S/c1-14(2,3)18-13(17)9-19-8-11-4-10(7-16)5-12(15)6-11/h4-6H,8-9H2,1-3H3. The summed E-state index contributed by atoms with van der Waals surface area (Å²) < 4.78 is 18.3. The zero-order valence-corrected chi connectivity index (χ0v) is 12.0. The number of nitriles is 1. The minimum atomic E-state index is -0.496. The molecule has 0 aliphatic heterocycles. The zero-order chi connectivity index (χ0) is 14.5. The van der Waals surface area contributed by atoms with Gasteiger partial charge in [0.05, 0.1) is 17.4 Å². The van der Waals surface area contributed by atoms with E-state index in [9.17, 15) is 9.18 Å². The molecule has 0 saturated carbocycles. The molecule has 0 aliphatic carbocycles. The Balaban J connectivity index is 2.48. The van der Waals surface area contributed by atoms with Crippen molar-refractivity contribution in [2.45, 2.75) is 32.1 Å². The second-order valence-electron chi connectivity index (χ2n) is 5.04. The highest BCUT2D eigenvalue weighted by Crippen LogP contribution is 2.17. The van der Waals surface area contributed by atoms with Gasteiger partial charge >= 0.3 is 5.97 Å². The molecule has 0 saturated heterocycles. The largest absolute Gasteiger partial charge is 0.459 e. The summed E-state index contributed by atoms with van der Waals surface area (Å²) >= 11 is 1.33. The Bertz CT molecular complexity index is 503. The van der Waals surface area contributed by atoms with E-state index in [0.29, 0.717) is 11.3 Å². The first-order valence-electron chi connectivity index (χ1n) is 5.79. The molecule has 5 heteroatoms. The van der Waals surface area contributed by atoms with Crippen molar-refractivity contribution < 1.29 is 13.9 Å². The summed E-state index contributed by atoms with van der Waals surface area (Å²) in [7, 11) is 0. The van der Waals surface area contributed by atoms with Crippen LogP contribution < -0.4 is 0 Å². The van der Waals surface area contributed by atoms with Gasteiger partial charge in [-0.3, -0.25) is 4.79 Å². The monoisotopic (exact) mass is 281 g/mol. The highest BCUT2D eigenvalue weighted by Gasteiger charge is 2.15. The van der Waals surface area contributed by atoms with Crippen LogP contribution in [-0.2, 0) is 15.3 Å². The van der Waals surface area contributed by atoms with Crippen LogP contribution in [0.3, 0.4) is 0 Å². The van der Waals surface area contributed by atoms with E-state index >= 15 is 0 Å². The number of carbonyl (C=O) groups excluding carboxylic acids is 1. The van der Waals surface area contributed by atoms with Gasteiger partial charge in [0.2, 0.25) is 0 Å². The number of rotatable bonds is 4. The van der Waals surface area contributed by atoms with Gasteiger partial charge in [-0.05, 0) is 44.5 Å². The normalized spacial score (nSPS) is 10.9. The highest BCUT2D eigenvalue weighted by molar-refractivity contribution is 7.99. The van der Waals surface area contributed by atoms with E-state index < -0.39 is 11.4 Å². The summed E-state index contributed by atoms with van der Waals surface area (Å²) in [5.41, 5.74) is 0.475. The van der Waals surface area contributed by atoms with Crippen LogP contribution in [0, 0.1) is 17.1 Å². The molecule has 0 amide bonds. The lowest BCUT2D eigenvalue weighted by atomic mass is 10.1. The number of hydrogen-bond donors (Lipinski definition) is 0. The molecule has 0 radical (unpaired) electrons. The molecule has 0 fully saturated rings. The van der Waals surface area contributed by atoms with Crippen LogP contribution in [0.25, 0.3) is 0 Å². The summed E-state index contributed by atoms with van der Waals surface area (Å²) in [6, 6.07) is 6.06. The van der Waals surface area contributed by atoms with Gasteiger partial charge in [0.15, 0.2) is 0 Å². The maximum atomic E-state index is 13.2. The van der Waals surface area contributed by atoms with E-state index in [4.69, 9.17) is 10.00 Å². The van der Waals surface area contributed by atoms with Crippen molar-refractivity contribution >= 4 is 17.7 Å². The molecular weight excluding hydrogens is 265 g/mol. The van der Waals surface area contributed by atoms with E-state index in [1.807, 2.05) is 6.07 Å². The Hall–Kier alpha value is -1.54. The SMILES string of the molecule is CC(C)(C)OC(=O)CSCc1cc(F)cc(C#N)c1. The lowest BCUT2D eigenvalue weighted by Crippen LogP contribution is -2.24. The summed E-state index contributed by atoms with van der Waals surface area (Å²) in [6.45, 7) is 5.42. The first kappa shape index (κ1) is 15.5. The van der Waals surface area contributed by atoms with Gasteiger partial charge in [0, 0.05) is 5.75 Å². The number of halogens is 1. The van der Waals surface area contributed by atoms with Gasteiger partial charge < -0.3 is 4.74 Å². The second-order valence-corrected chi connectivity index (χ2v) is 6.02. The molecule has 0 heterocycles. The van der Waals surface area contributed by atoms with Crippen LogP contribution in [0.15, 0.2) is 18.2 Å². The van der Waals surface area contributed by atoms with Crippen molar-refractivity contribution in [3.05, 3.63) is 35.1 Å². The first-order chi connectivity index (χ1) is 8.80. The predicted octanol–water partition coefficient (Wildman–Crippen LogP) is 3.27. The summed E-state index contributed by atoms with van der Waals surface area (Å²) in [6.07, 6.45) is 0. The maximum Gasteiger partial charge on any atom is 0.316 e. The van der Waals surface area contributed by atoms with E-state index in [-0.39, 0.29) is 17.3 Å². The van der Waals surface area contributed by atoms with Gasteiger partial charge in [-0.15, -0.1) is 11.8 Å². The minimum absolute atomic E-state index is 0.204. The molecule has 19 heavy (non-hydrogen) atoms. The second kappa shape index (κ2) is 6.58. The molecule has 1 aromatic carbocycles. The maximum absolute atomic E-state index is 13.2. The van der Waals surface area contributed by atoms with Crippen LogP contribution in [0.5, 0.6) is 0 Å². The molecule has 0 aliphatic rings. The molecule has 0 atom stereocenters. The number of thioether (sulfide) groups is 1. The third kappa shape index (κ3) is 6.25. The van der Waals surface area contributed by atoms with Crippen molar-refractivity contribution in [3.8, 4) is 6.07 Å². The Morgan fingerprint density at radius 1 is 1.42 bits per heavy atom. The lowest BCUT2D eigenvalue weighted by Gasteiger charge is -2.19. The van der Waals surface area contributed by atoms with E-state index in [0.717, 1.165) is 0 Å². The summed E-state index contributed by atoms with van der Waals surface area (Å²) in [5, 5.41) is 8.73. The third-order valence-electron chi connectivity index (χ3n) is 2.00. The molecule has 0 N–H and O–H groups in total. The fourth-order valence-electron chi connectivity index (χ4n) is 1.42. The molecule has 0 bridgehead atoms. The van der Waals surface area contributed by atoms with Crippen LogP contribution >= 0.6 is 11.8 Å². The van der Waals surface area contributed by atoms with Crippen molar-refractivity contribution in [1.82, 2.24) is 0 Å². The Labute approximate surface area is 116 Å². The van der Waals surface area contributed by atoms with Crippen LogP contribution in [0.2, 0.25) is 0 Å². The number of carbonyl (C=O) groups is 1. The molecular formula is C14H16FNO2S. The Morgan fingerprint density at radius 3 is 2.68 bits per heavy atom. The Morgan fingerprint density at radius 2 is 2.11 bits per heavy atom. The molecule has 0 unspecified atom stereocenters. The fourth-order valence-corrected chi connectivity index (χ4v) is 2.15. The van der Waals surface area contributed by atoms with Gasteiger partial charge in [0.1, 0.15) is 11.4 Å². The molecule has 1 rings (SSSR count). The average Bonchev–Trinajstić information content (AvgIpc) is 2.25. The van der Waals surface area contributed by atoms with Crippen molar-refractivity contribution in [2.75, 3.05) is 5.75 Å². The lowest BCUT2D eigenvalue weighted by molar-refractivity contribution is -0.151. The van der Waals surface area contributed by atoms with Gasteiger partial charge in [-0.25, -0.2) is 4.39 Å². The molecule has 3 nitrogen and oxygen atoms in total. The minimum Gasteiger partial charge on any atom is -0.459 e. The van der Waals surface area contributed by atoms with Crippen molar-refractivity contribution in [1.29, 1.82) is 5.26 Å². The molecule has 102 valence electrons. The number of benzene rings is 1. The smallest absolute Gasteiger partial charge is 0.316 e. The van der Waals surface area contributed by atoms with E-state index in [1.165, 1.54) is 23.9 Å². The van der Waals surface area contributed by atoms with Crippen LogP contribution in [0.4, 0.5) is 4.39 Å². The summed E-state index contributed by atoms with van der Waals surface area (Å²) in [5.74, 6) is -0.0669. The fraction of sp³-hybridized carbons (Fsp3) is 0.429. The zero-order valence-electron chi connectivity index (χ0n) is 11.2. The predicted molar refractivity (Wildman–Crippen MR) is 73.1 cm³/mol. The average molecular weight is 281 g/mol. The quantitative estimate of drug-likeness (QED) is 0.795. The Kier molecular flexibility index (Phi) is 5.37. The summed E-state index contributed by atoms with van der Waals surface area (Å²) in [4.78, 5) is 11.5. The van der Waals surface area contributed by atoms with Gasteiger partial charge in [0.25, 0.3) is 0 Å². The number of hydrogen-bond acceptors (Lipinski definition) is 4. The molecule has 0 spiro atoms. The van der Waals surface area contributed by atoms with E-state index in [1.54, 1.807) is 26.8 Å². The van der Waals surface area contributed by atoms with Crippen LogP contribution in [0.1, 0.15) is 31.9 Å². The van der Waals surface area contributed by atoms with Gasteiger partial charge in [-0.1, -0.05) is 0 Å². The van der Waals surface area contributed by atoms with E-state index in [2.05, 4.69) is 0 Å². The topological polar surface area (TPSA) is 50.1 Å². The molecule has 0 aromatic heterocycles. The van der Waals surface area contributed by atoms with Crippen molar-refractivity contribution in [2.24, 2.45) is 0 Å². The highest BCUT2D eigenvalue weighted by atomic mass is 32.2.